The molecule has 0 spiro atoms. The maximum atomic E-state index is 12.1. The largest absolute Gasteiger partial charge is 0.353 e. The second-order valence-electron chi connectivity index (χ2n) is 5.39. The number of carbonyl (C=O) groups excluding carboxylic acids is 1. The van der Waals surface area contributed by atoms with Gasteiger partial charge in [-0.2, -0.15) is 10.2 Å². The lowest BCUT2D eigenvalue weighted by atomic mass is 10.2. The maximum Gasteiger partial charge on any atom is 0.267 e. The van der Waals surface area contributed by atoms with E-state index in [0.717, 1.165) is 10.2 Å². The van der Waals surface area contributed by atoms with Gasteiger partial charge in [-0.1, -0.05) is 0 Å². The van der Waals surface area contributed by atoms with Crippen molar-refractivity contribution in [2.45, 2.75) is 13.1 Å². The summed E-state index contributed by atoms with van der Waals surface area (Å²) in [6.45, 7) is 0.244. The minimum Gasteiger partial charge on any atom is -0.353 e. The molecule has 0 aliphatic carbocycles. The molecule has 9 nitrogen and oxygen atoms in total. The van der Waals surface area contributed by atoms with Gasteiger partial charge in [-0.05, 0) is 24.3 Å². The van der Waals surface area contributed by atoms with E-state index in [2.05, 4.69) is 20.5 Å². The van der Waals surface area contributed by atoms with Gasteiger partial charge in [-0.25, -0.2) is 9.36 Å². The molecule has 132 valence electrons. The monoisotopic (exact) mass is 352 g/mol. The molecule has 0 aromatic carbocycles. The van der Waals surface area contributed by atoms with Crippen LogP contribution in [0.15, 0.2) is 64.6 Å². The van der Waals surface area contributed by atoms with Crippen LogP contribution in [0.3, 0.4) is 0 Å². The SMILES string of the molecule is O=C(Cn1nc(-c2ccncc2)ccc1=O)NCCn1ncccc1=O. The summed E-state index contributed by atoms with van der Waals surface area (Å²) >= 11 is 0. The molecule has 0 fully saturated rings. The van der Waals surface area contributed by atoms with Gasteiger partial charge >= 0.3 is 0 Å². The molecular weight excluding hydrogens is 336 g/mol. The second-order valence-corrected chi connectivity index (χ2v) is 5.39. The molecule has 1 N–H and O–H groups in total. The van der Waals surface area contributed by atoms with Gasteiger partial charge in [0.1, 0.15) is 6.54 Å². The summed E-state index contributed by atoms with van der Waals surface area (Å²) in [4.78, 5) is 39.5. The van der Waals surface area contributed by atoms with Crippen LogP contribution in [-0.4, -0.2) is 37.0 Å². The topological polar surface area (TPSA) is 112 Å². The van der Waals surface area contributed by atoms with Crippen molar-refractivity contribution >= 4 is 5.91 Å². The quantitative estimate of drug-likeness (QED) is 0.651. The van der Waals surface area contributed by atoms with Gasteiger partial charge in [0.2, 0.25) is 5.91 Å². The highest BCUT2D eigenvalue weighted by Gasteiger charge is 2.08. The molecule has 0 bridgehead atoms. The van der Waals surface area contributed by atoms with Crippen LogP contribution in [0.4, 0.5) is 0 Å². The first kappa shape index (κ1) is 17.2. The van der Waals surface area contributed by atoms with Crippen molar-refractivity contribution in [2.75, 3.05) is 6.54 Å². The third kappa shape index (κ3) is 4.26. The predicted molar refractivity (Wildman–Crippen MR) is 93.2 cm³/mol. The lowest BCUT2D eigenvalue weighted by molar-refractivity contribution is -0.121. The van der Waals surface area contributed by atoms with Crippen molar-refractivity contribution in [3.8, 4) is 11.3 Å². The van der Waals surface area contributed by atoms with Gasteiger partial charge in [-0.15, -0.1) is 0 Å². The summed E-state index contributed by atoms with van der Waals surface area (Å²) in [5.41, 5.74) is 0.743. The van der Waals surface area contributed by atoms with Gasteiger partial charge < -0.3 is 5.32 Å². The summed E-state index contributed by atoms with van der Waals surface area (Å²) in [5.74, 6) is -0.379. The van der Waals surface area contributed by atoms with Crippen molar-refractivity contribution in [1.29, 1.82) is 0 Å². The summed E-state index contributed by atoms with van der Waals surface area (Å²) < 4.78 is 2.34. The normalized spacial score (nSPS) is 10.5. The molecule has 0 aliphatic rings. The van der Waals surface area contributed by atoms with E-state index in [1.54, 1.807) is 36.7 Å². The second kappa shape index (κ2) is 7.97. The highest BCUT2D eigenvalue weighted by molar-refractivity contribution is 5.75. The first-order valence-corrected chi connectivity index (χ1v) is 7.91. The van der Waals surface area contributed by atoms with E-state index in [9.17, 15) is 14.4 Å². The Bertz CT molecular complexity index is 1010. The minimum atomic E-state index is -0.379. The van der Waals surface area contributed by atoms with Crippen molar-refractivity contribution in [3.05, 3.63) is 75.7 Å². The Balaban J connectivity index is 1.63. The Morgan fingerprint density at radius 1 is 0.962 bits per heavy atom. The Morgan fingerprint density at radius 2 is 1.73 bits per heavy atom. The molecule has 0 saturated carbocycles. The average Bonchev–Trinajstić information content (AvgIpc) is 2.66. The Morgan fingerprint density at radius 3 is 2.50 bits per heavy atom. The number of hydrogen-bond donors (Lipinski definition) is 1. The lowest BCUT2D eigenvalue weighted by Gasteiger charge is -2.08. The van der Waals surface area contributed by atoms with Crippen LogP contribution in [0, 0.1) is 0 Å². The first-order valence-electron chi connectivity index (χ1n) is 7.91. The Hall–Kier alpha value is -3.62. The molecule has 9 heteroatoms. The van der Waals surface area contributed by atoms with Crippen LogP contribution in [0.25, 0.3) is 11.3 Å². The zero-order valence-corrected chi connectivity index (χ0v) is 13.8. The van der Waals surface area contributed by atoms with Crippen molar-refractivity contribution < 1.29 is 4.79 Å². The molecule has 0 atom stereocenters. The van der Waals surface area contributed by atoms with E-state index < -0.39 is 0 Å². The lowest BCUT2D eigenvalue weighted by Crippen LogP contribution is -2.36. The highest BCUT2D eigenvalue weighted by Crippen LogP contribution is 2.12. The molecular formula is C17H16N6O3. The van der Waals surface area contributed by atoms with Gasteiger partial charge in [0.25, 0.3) is 11.1 Å². The number of hydrogen-bond acceptors (Lipinski definition) is 6. The zero-order valence-electron chi connectivity index (χ0n) is 13.8. The molecule has 0 saturated heterocycles. The fourth-order valence-corrected chi connectivity index (χ4v) is 2.29. The maximum absolute atomic E-state index is 12.1. The summed E-state index contributed by atoms with van der Waals surface area (Å²) in [6, 6.07) is 9.43. The molecule has 26 heavy (non-hydrogen) atoms. The van der Waals surface area contributed by atoms with Crippen molar-refractivity contribution in [2.24, 2.45) is 0 Å². The third-order valence-electron chi connectivity index (χ3n) is 3.57. The van der Waals surface area contributed by atoms with Gasteiger partial charge in [-0.3, -0.25) is 19.4 Å². The summed E-state index contributed by atoms with van der Waals surface area (Å²) in [6.07, 6.45) is 4.74. The number of pyridine rings is 1. The molecule has 3 aromatic rings. The van der Waals surface area contributed by atoms with E-state index in [4.69, 9.17) is 0 Å². The highest BCUT2D eigenvalue weighted by atomic mass is 16.2. The van der Waals surface area contributed by atoms with E-state index >= 15 is 0 Å². The van der Waals surface area contributed by atoms with Crippen LogP contribution in [0.5, 0.6) is 0 Å². The summed E-state index contributed by atoms with van der Waals surface area (Å²) in [5, 5.41) is 10.8. The third-order valence-corrected chi connectivity index (χ3v) is 3.57. The fraction of sp³-hybridized carbons (Fsp3) is 0.176. The summed E-state index contributed by atoms with van der Waals surface area (Å²) in [7, 11) is 0. The van der Waals surface area contributed by atoms with Crippen molar-refractivity contribution in [3.63, 3.8) is 0 Å². The van der Waals surface area contributed by atoms with E-state index in [1.165, 1.54) is 23.0 Å². The van der Waals surface area contributed by atoms with Crippen LogP contribution in [0.2, 0.25) is 0 Å². The standard InChI is InChI=1S/C17H16N6O3/c24-15(19-10-11-22-16(25)2-1-7-20-22)12-23-17(26)4-3-14(21-23)13-5-8-18-9-6-13/h1-9H,10-12H2,(H,19,24). The number of aromatic nitrogens is 5. The van der Waals surface area contributed by atoms with E-state index in [-0.39, 0.29) is 36.7 Å². The number of nitrogens with zero attached hydrogens (tertiary/aromatic N) is 5. The van der Waals surface area contributed by atoms with Crippen LogP contribution >= 0.6 is 0 Å². The molecule has 0 unspecified atom stereocenters. The first-order chi connectivity index (χ1) is 12.6. The van der Waals surface area contributed by atoms with Gasteiger partial charge in [0, 0.05) is 42.8 Å². The van der Waals surface area contributed by atoms with Crippen LogP contribution < -0.4 is 16.4 Å². The minimum absolute atomic E-state index is 0.213. The Kier molecular flexibility index (Phi) is 5.28. The predicted octanol–water partition coefficient (Wildman–Crippen LogP) is -0.322. The van der Waals surface area contributed by atoms with Crippen LogP contribution in [0.1, 0.15) is 0 Å². The molecule has 0 aliphatic heterocycles. The molecule has 1 amide bonds. The van der Waals surface area contributed by atoms with Gasteiger partial charge in [0.05, 0.1) is 12.2 Å². The Labute approximate surface area is 147 Å². The van der Waals surface area contributed by atoms with Crippen molar-refractivity contribution in [1.82, 2.24) is 29.9 Å². The number of carbonyl (C=O) groups is 1. The molecule has 3 heterocycles. The smallest absolute Gasteiger partial charge is 0.267 e. The number of amides is 1. The van der Waals surface area contributed by atoms with E-state index in [0.29, 0.717) is 5.69 Å². The fourth-order valence-electron chi connectivity index (χ4n) is 2.29. The average molecular weight is 352 g/mol. The van der Waals surface area contributed by atoms with Crippen LogP contribution in [-0.2, 0) is 17.9 Å². The van der Waals surface area contributed by atoms with E-state index in [1.807, 2.05) is 0 Å². The number of rotatable bonds is 6. The molecule has 3 rings (SSSR count). The number of nitrogens with one attached hydrogen (secondary N) is 1. The molecule has 3 aromatic heterocycles. The zero-order chi connectivity index (χ0) is 18.4. The van der Waals surface area contributed by atoms with Gasteiger partial charge in [0.15, 0.2) is 0 Å². The molecule has 0 radical (unpaired) electrons.